The summed E-state index contributed by atoms with van der Waals surface area (Å²) in [7, 11) is 1.76. The van der Waals surface area contributed by atoms with Crippen molar-refractivity contribution in [1.82, 2.24) is 10.6 Å². The van der Waals surface area contributed by atoms with Gasteiger partial charge in [-0.15, -0.1) is 0 Å². The molecule has 0 saturated heterocycles. The Morgan fingerprint density at radius 2 is 2.20 bits per heavy atom. The maximum atomic E-state index is 11.8. The second kappa shape index (κ2) is 4.49. The summed E-state index contributed by atoms with van der Waals surface area (Å²) in [5.74, 6) is 0.712. The number of hydrogen-bond acceptors (Lipinski definition) is 3. The third kappa shape index (κ3) is 2.83. The van der Waals surface area contributed by atoms with Gasteiger partial charge in [-0.25, -0.2) is 0 Å². The van der Waals surface area contributed by atoms with E-state index in [2.05, 4.69) is 10.6 Å². The Labute approximate surface area is 90.0 Å². The zero-order valence-electron chi connectivity index (χ0n) is 9.63. The number of nitrogens with one attached hydrogen (secondary N) is 2. The van der Waals surface area contributed by atoms with Crippen molar-refractivity contribution < 1.29 is 9.21 Å². The zero-order chi connectivity index (χ0) is 11.5. The molecule has 0 aromatic carbocycles. The lowest BCUT2D eigenvalue weighted by Crippen LogP contribution is -2.51. The average Bonchev–Trinajstić information content (AvgIpc) is 2.70. The molecule has 2 N–H and O–H groups in total. The van der Waals surface area contributed by atoms with E-state index in [0.29, 0.717) is 0 Å². The molecule has 0 fully saturated rings. The van der Waals surface area contributed by atoms with Crippen LogP contribution in [0.5, 0.6) is 0 Å². The van der Waals surface area contributed by atoms with Crippen LogP contribution in [-0.4, -0.2) is 18.5 Å². The van der Waals surface area contributed by atoms with E-state index >= 15 is 0 Å². The fourth-order valence-electron chi connectivity index (χ4n) is 1.10. The van der Waals surface area contributed by atoms with Gasteiger partial charge in [0, 0.05) is 0 Å². The number of likely N-dealkylation sites (N-methyl/N-ethyl adjacent to an activating group) is 1. The Bertz CT molecular complexity index is 317. The lowest BCUT2D eigenvalue weighted by molar-refractivity contribution is -0.127. The first-order chi connectivity index (χ1) is 6.97. The van der Waals surface area contributed by atoms with E-state index in [0.717, 1.165) is 5.76 Å². The minimum absolute atomic E-state index is 0.0473. The average molecular weight is 210 g/mol. The van der Waals surface area contributed by atoms with Gasteiger partial charge in [0.05, 0.1) is 17.8 Å². The fraction of sp³-hybridized carbons (Fsp3) is 0.545. The maximum Gasteiger partial charge on any atom is 0.240 e. The molecule has 1 unspecified atom stereocenters. The summed E-state index contributed by atoms with van der Waals surface area (Å²) >= 11 is 0. The van der Waals surface area contributed by atoms with Crippen LogP contribution in [0.15, 0.2) is 22.8 Å². The van der Waals surface area contributed by atoms with Crippen molar-refractivity contribution in [3.05, 3.63) is 24.2 Å². The van der Waals surface area contributed by atoms with Gasteiger partial charge in [0.2, 0.25) is 5.91 Å². The highest BCUT2D eigenvalue weighted by Crippen LogP contribution is 2.13. The third-order valence-corrected chi connectivity index (χ3v) is 2.51. The van der Waals surface area contributed by atoms with Gasteiger partial charge in [-0.05, 0) is 40.0 Å². The summed E-state index contributed by atoms with van der Waals surface area (Å²) < 4.78 is 5.21. The predicted molar refractivity (Wildman–Crippen MR) is 58.4 cm³/mol. The summed E-state index contributed by atoms with van der Waals surface area (Å²) in [6.07, 6.45) is 1.60. The molecule has 1 rings (SSSR count). The van der Waals surface area contributed by atoms with Crippen LogP contribution in [0.4, 0.5) is 0 Å². The van der Waals surface area contributed by atoms with E-state index < -0.39 is 5.54 Å². The Kier molecular flexibility index (Phi) is 3.52. The van der Waals surface area contributed by atoms with Gasteiger partial charge in [-0.2, -0.15) is 0 Å². The molecule has 0 aliphatic rings. The van der Waals surface area contributed by atoms with Crippen molar-refractivity contribution >= 4 is 5.91 Å². The zero-order valence-corrected chi connectivity index (χ0v) is 9.63. The summed E-state index contributed by atoms with van der Waals surface area (Å²) in [5.41, 5.74) is -0.569. The minimum atomic E-state index is -0.569. The molecule has 84 valence electrons. The first-order valence-corrected chi connectivity index (χ1v) is 5.00. The van der Waals surface area contributed by atoms with Crippen LogP contribution in [-0.2, 0) is 4.79 Å². The van der Waals surface area contributed by atoms with Gasteiger partial charge < -0.3 is 15.1 Å². The number of carbonyl (C=O) groups excluding carboxylic acids is 1. The SMILES string of the molecule is CNC(C)(C)C(=O)NC(C)c1ccco1. The van der Waals surface area contributed by atoms with Gasteiger partial charge in [0.25, 0.3) is 0 Å². The maximum absolute atomic E-state index is 11.8. The Morgan fingerprint density at radius 3 is 2.67 bits per heavy atom. The minimum Gasteiger partial charge on any atom is -0.467 e. The normalized spacial score (nSPS) is 13.6. The van der Waals surface area contributed by atoms with Crippen molar-refractivity contribution in [2.75, 3.05) is 7.05 Å². The summed E-state index contributed by atoms with van der Waals surface area (Å²) in [6.45, 7) is 5.55. The molecule has 0 aliphatic heterocycles. The molecule has 15 heavy (non-hydrogen) atoms. The van der Waals surface area contributed by atoms with Crippen molar-refractivity contribution in [3.63, 3.8) is 0 Å². The predicted octanol–water partition coefficient (Wildman–Crippen LogP) is 1.45. The van der Waals surface area contributed by atoms with Crippen LogP contribution >= 0.6 is 0 Å². The van der Waals surface area contributed by atoms with E-state index in [1.54, 1.807) is 19.4 Å². The van der Waals surface area contributed by atoms with Gasteiger partial charge >= 0.3 is 0 Å². The summed E-state index contributed by atoms with van der Waals surface area (Å²) in [6, 6.07) is 3.54. The number of furan rings is 1. The van der Waals surface area contributed by atoms with Gasteiger partial charge in [0.1, 0.15) is 5.76 Å². The van der Waals surface area contributed by atoms with Crippen LogP contribution in [0, 0.1) is 0 Å². The molecule has 0 spiro atoms. The van der Waals surface area contributed by atoms with Gasteiger partial charge in [0.15, 0.2) is 0 Å². The largest absolute Gasteiger partial charge is 0.467 e. The van der Waals surface area contributed by atoms with Crippen LogP contribution < -0.4 is 10.6 Å². The molecule has 4 nitrogen and oxygen atoms in total. The first kappa shape index (κ1) is 11.8. The highest BCUT2D eigenvalue weighted by atomic mass is 16.3. The van der Waals surface area contributed by atoms with Crippen molar-refractivity contribution in [1.29, 1.82) is 0 Å². The Morgan fingerprint density at radius 1 is 1.53 bits per heavy atom. The molecule has 0 aliphatic carbocycles. The third-order valence-electron chi connectivity index (χ3n) is 2.51. The van der Waals surface area contributed by atoms with E-state index in [1.807, 2.05) is 26.8 Å². The Hall–Kier alpha value is -1.29. The van der Waals surface area contributed by atoms with Crippen LogP contribution in [0.2, 0.25) is 0 Å². The molecule has 1 aromatic heterocycles. The molecule has 1 heterocycles. The van der Waals surface area contributed by atoms with E-state index in [1.165, 1.54) is 0 Å². The van der Waals surface area contributed by atoms with Crippen LogP contribution in [0.1, 0.15) is 32.6 Å². The number of rotatable bonds is 4. The molecule has 1 amide bonds. The lowest BCUT2D eigenvalue weighted by atomic mass is 10.0. The van der Waals surface area contributed by atoms with E-state index in [4.69, 9.17) is 4.42 Å². The standard InChI is InChI=1S/C11H18N2O2/c1-8(9-6-5-7-15-9)13-10(14)11(2,3)12-4/h5-8,12H,1-4H3,(H,13,14). The second-order valence-corrected chi connectivity index (χ2v) is 4.09. The molecule has 4 heteroatoms. The quantitative estimate of drug-likeness (QED) is 0.791. The topological polar surface area (TPSA) is 54.3 Å². The highest BCUT2D eigenvalue weighted by molar-refractivity contribution is 5.85. The lowest BCUT2D eigenvalue weighted by Gasteiger charge is -2.24. The molecular formula is C11H18N2O2. The Balaban J connectivity index is 2.60. The van der Waals surface area contributed by atoms with E-state index in [9.17, 15) is 4.79 Å². The van der Waals surface area contributed by atoms with Crippen LogP contribution in [0.3, 0.4) is 0 Å². The molecule has 1 atom stereocenters. The van der Waals surface area contributed by atoms with Crippen LogP contribution in [0.25, 0.3) is 0 Å². The molecular weight excluding hydrogens is 192 g/mol. The first-order valence-electron chi connectivity index (χ1n) is 5.00. The van der Waals surface area contributed by atoms with Crippen molar-refractivity contribution in [3.8, 4) is 0 Å². The highest BCUT2D eigenvalue weighted by Gasteiger charge is 2.26. The monoisotopic (exact) mass is 210 g/mol. The molecule has 0 radical (unpaired) electrons. The second-order valence-electron chi connectivity index (χ2n) is 4.09. The fourth-order valence-corrected chi connectivity index (χ4v) is 1.10. The number of hydrogen-bond donors (Lipinski definition) is 2. The number of amides is 1. The van der Waals surface area contributed by atoms with Gasteiger partial charge in [-0.1, -0.05) is 0 Å². The number of carbonyl (C=O) groups is 1. The van der Waals surface area contributed by atoms with Gasteiger partial charge in [-0.3, -0.25) is 4.79 Å². The summed E-state index contributed by atoms with van der Waals surface area (Å²) in [4.78, 5) is 11.8. The van der Waals surface area contributed by atoms with Crippen molar-refractivity contribution in [2.45, 2.75) is 32.4 Å². The van der Waals surface area contributed by atoms with E-state index in [-0.39, 0.29) is 11.9 Å². The molecule has 0 bridgehead atoms. The molecule has 0 saturated carbocycles. The smallest absolute Gasteiger partial charge is 0.240 e. The van der Waals surface area contributed by atoms with Crippen molar-refractivity contribution in [2.24, 2.45) is 0 Å². The summed E-state index contributed by atoms with van der Waals surface area (Å²) in [5, 5.41) is 5.83. The molecule has 1 aromatic rings.